The van der Waals surface area contributed by atoms with Crippen molar-refractivity contribution in [2.24, 2.45) is 0 Å². The number of sulfonamides is 1. The summed E-state index contributed by atoms with van der Waals surface area (Å²) in [5.74, 6) is 0. The van der Waals surface area contributed by atoms with Crippen LogP contribution in [-0.4, -0.2) is 54.3 Å². The van der Waals surface area contributed by atoms with Crippen molar-refractivity contribution in [2.45, 2.75) is 43.0 Å². The lowest BCUT2D eigenvalue weighted by molar-refractivity contribution is 0.135. The summed E-state index contributed by atoms with van der Waals surface area (Å²) in [6.45, 7) is 6.71. The third-order valence-electron chi connectivity index (χ3n) is 4.07. The molecule has 19 heavy (non-hydrogen) atoms. The molecule has 2 unspecified atom stereocenters. The lowest BCUT2D eigenvalue weighted by Crippen LogP contribution is -2.55. The van der Waals surface area contributed by atoms with Crippen molar-refractivity contribution in [3.63, 3.8) is 0 Å². The molecule has 0 spiro atoms. The predicted octanol–water partition coefficient (Wildman–Crippen LogP) is 1.31. The highest BCUT2D eigenvalue weighted by molar-refractivity contribution is 7.91. The number of nitrogens with zero attached hydrogens (tertiary/aromatic N) is 3. The van der Waals surface area contributed by atoms with Gasteiger partial charge >= 0.3 is 0 Å². The van der Waals surface area contributed by atoms with Crippen LogP contribution in [0.2, 0.25) is 0 Å². The Labute approximate surface area is 118 Å². The molecule has 3 rings (SSSR count). The summed E-state index contributed by atoms with van der Waals surface area (Å²) >= 11 is 1.27. The summed E-state index contributed by atoms with van der Waals surface area (Å²) in [5.41, 5.74) is 0. The molecule has 0 aromatic carbocycles. The van der Waals surface area contributed by atoms with E-state index >= 15 is 0 Å². The number of aryl methyl sites for hydroxylation is 1. The van der Waals surface area contributed by atoms with Gasteiger partial charge in [0.05, 0.1) is 11.2 Å². The first-order chi connectivity index (χ1) is 9.02. The average molecular weight is 301 g/mol. The molecule has 2 saturated heterocycles. The lowest BCUT2D eigenvalue weighted by atomic mass is 10.2. The van der Waals surface area contributed by atoms with E-state index in [0.29, 0.717) is 4.21 Å². The molecule has 3 heterocycles. The Hall–Kier alpha value is -0.500. The third kappa shape index (κ3) is 2.22. The van der Waals surface area contributed by atoms with Gasteiger partial charge in [0.2, 0.25) is 0 Å². The highest BCUT2D eigenvalue weighted by Crippen LogP contribution is 2.36. The monoisotopic (exact) mass is 301 g/mol. The summed E-state index contributed by atoms with van der Waals surface area (Å²) in [6.07, 6.45) is 3.47. The minimum absolute atomic E-state index is 0.145. The van der Waals surface area contributed by atoms with E-state index in [1.807, 2.05) is 6.92 Å². The molecule has 5 nitrogen and oxygen atoms in total. The van der Waals surface area contributed by atoms with Crippen LogP contribution in [0.3, 0.4) is 0 Å². The topological polar surface area (TPSA) is 53.5 Å². The number of thiazole rings is 1. The quantitative estimate of drug-likeness (QED) is 0.845. The van der Waals surface area contributed by atoms with Crippen molar-refractivity contribution in [3.05, 3.63) is 11.2 Å². The SMILES string of the molecule is CCN1CC2CCC(C1)N2S(=O)(=O)c1cnc(C)s1. The van der Waals surface area contributed by atoms with Gasteiger partial charge < -0.3 is 4.90 Å². The van der Waals surface area contributed by atoms with Crippen molar-refractivity contribution in [3.8, 4) is 0 Å². The molecule has 2 aliphatic heterocycles. The molecule has 2 fully saturated rings. The molecular weight excluding hydrogens is 282 g/mol. The number of likely N-dealkylation sites (N-methyl/N-ethyl adjacent to an activating group) is 1. The van der Waals surface area contributed by atoms with Crippen LogP contribution in [0, 0.1) is 6.92 Å². The Morgan fingerprint density at radius 3 is 2.47 bits per heavy atom. The van der Waals surface area contributed by atoms with Crippen molar-refractivity contribution >= 4 is 21.4 Å². The van der Waals surface area contributed by atoms with Gasteiger partial charge in [-0.1, -0.05) is 6.92 Å². The molecule has 2 aliphatic rings. The normalized spacial score (nSPS) is 28.9. The number of fused-ring (bicyclic) bond motifs is 2. The van der Waals surface area contributed by atoms with E-state index in [1.165, 1.54) is 17.5 Å². The fourth-order valence-electron chi connectivity index (χ4n) is 3.17. The molecule has 0 saturated carbocycles. The Bertz CT molecular complexity index is 555. The van der Waals surface area contributed by atoms with Gasteiger partial charge in [0.15, 0.2) is 4.21 Å². The summed E-state index contributed by atoms with van der Waals surface area (Å²) in [6, 6.07) is 0.289. The van der Waals surface area contributed by atoms with E-state index in [0.717, 1.165) is 37.5 Å². The van der Waals surface area contributed by atoms with Gasteiger partial charge in [-0.15, -0.1) is 11.3 Å². The van der Waals surface area contributed by atoms with Crippen LogP contribution >= 0.6 is 11.3 Å². The van der Waals surface area contributed by atoms with Crippen LogP contribution in [0.5, 0.6) is 0 Å². The summed E-state index contributed by atoms with van der Waals surface area (Å²) < 4.78 is 27.6. The Kier molecular flexibility index (Phi) is 3.41. The van der Waals surface area contributed by atoms with Gasteiger partial charge in [0, 0.05) is 25.2 Å². The van der Waals surface area contributed by atoms with Crippen molar-refractivity contribution in [1.82, 2.24) is 14.2 Å². The molecule has 7 heteroatoms. The average Bonchev–Trinajstić information content (AvgIpc) is 2.92. The van der Waals surface area contributed by atoms with Crippen LogP contribution in [0.1, 0.15) is 24.8 Å². The Morgan fingerprint density at radius 2 is 2.00 bits per heavy atom. The van der Waals surface area contributed by atoms with Crippen molar-refractivity contribution in [2.75, 3.05) is 19.6 Å². The van der Waals surface area contributed by atoms with Gasteiger partial charge in [0.25, 0.3) is 10.0 Å². The fraction of sp³-hybridized carbons (Fsp3) is 0.750. The number of hydrogen-bond acceptors (Lipinski definition) is 5. The van der Waals surface area contributed by atoms with Crippen LogP contribution in [-0.2, 0) is 10.0 Å². The smallest absolute Gasteiger partial charge is 0.254 e. The van der Waals surface area contributed by atoms with Gasteiger partial charge in [-0.2, -0.15) is 4.31 Å². The lowest BCUT2D eigenvalue weighted by Gasteiger charge is -2.39. The molecule has 1 aromatic rings. The maximum Gasteiger partial charge on any atom is 0.254 e. The van der Waals surface area contributed by atoms with E-state index in [2.05, 4.69) is 16.8 Å². The maximum absolute atomic E-state index is 12.7. The zero-order valence-corrected chi connectivity index (χ0v) is 12.9. The third-order valence-corrected chi connectivity index (χ3v) is 7.42. The summed E-state index contributed by atoms with van der Waals surface area (Å²) in [5, 5.41) is 0.804. The summed E-state index contributed by atoms with van der Waals surface area (Å²) in [4.78, 5) is 6.44. The molecule has 0 aliphatic carbocycles. The predicted molar refractivity (Wildman–Crippen MR) is 74.8 cm³/mol. The van der Waals surface area contributed by atoms with E-state index in [1.54, 1.807) is 4.31 Å². The second-order valence-electron chi connectivity index (χ2n) is 5.27. The standard InChI is InChI=1S/C12H19N3O2S2/c1-3-14-7-10-4-5-11(8-14)15(10)19(16,17)12-6-13-9(2)18-12/h6,10-11H,3-5,7-8H2,1-2H3. The molecule has 0 N–H and O–H groups in total. The highest BCUT2D eigenvalue weighted by Gasteiger charge is 2.46. The zero-order valence-electron chi connectivity index (χ0n) is 11.2. The van der Waals surface area contributed by atoms with Crippen LogP contribution in [0.4, 0.5) is 0 Å². The number of piperazine rings is 1. The van der Waals surface area contributed by atoms with E-state index in [9.17, 15) is 8.42 Å². The fourth-order valence-corrected chi connectivity index (χ4v) is 6.23. The van der Waals surface area contributed by atoms with Crippen molar-refractivity contribution < 1.29 is 8.42 Å². The van der Waals surface area contributed by atoms with Crippen LogP contribution in [0.25, 0.3) is 0 Å². The molecule has 0 amide bonds. The first-order valence-corrected chi connectivity index (χ1v) is 8.96. The highest BCUT2D eigenvalue weighted by atomic mass is 32.2. The van der Waals surface area contributed by atoms with Gasteiger partial charge in [-0.05, 0) is 26.3 Å². The molecule has 106 valence electrons. The summed E-state index contributed by atoms with van der Waals surface area (Å²) in [7, 11) is -3.35. The number of aromatic nitrogens is 1. The van der Waals surface area contributed by atoms with E-state index < -0.39 is 10.0 Å². The molecule has 0 radical (unpaired) electrons. The molecule has 2 atom stereocenters. The minimum atomic E-state index is -3.35. The Morgan fingerprint density at radius 1 is 1.37 bits per heavy atom. The van der Waals surface area contributed by atoms with Gasteiger partial charge in [-0.3, -0.25) is 0 Å². The second-order valence-corrected chi connectivity index (χ2v) is 8.58. The molecular formula is C12H19N3O2S2. The molecule has 1 aromatic heterocycles. The van der Waals surface area contributed by atoms with Crippen LogP contribution in [0.15, 0.2) is 10.4 Å². The number of rotatable bonds is 3. The first-order valence-electron chi connectivity index (χ1n) is 6.70. The molecule has 2 bridgehead atoms. The Balaban J connectivity index is 1.91. The van der Waals surface area contributed by atoms with Gasteiger partial charge in [0.1, 0.15) is 0 Å². The van der Waals surface area contributed by atoms with E-state index in [-0.39, 0.29) is 12.1 Å². The zero-order chi connectivity index (χ0) is 13.6. The first kappa shape index (κ1) is 13.5. The van der Waals surface area contributed by atoms with Gasteiger partial charge in [-0.25, -0.2) is 13.4 Å². The van der Waals surface area contributed by atoms with Crippen molar-refractivity contribution in [1.29, 1.82) is 0 Å². The maximum atomic E-state index is 12.7. The van der Waals surface area contributed by atoms with Crippen LogP contribution < -0.4 is 0 Å². The number of likely N-dealkylation sites (tertiary alicyclic amines) is 1. The second kappa shape index (κ2) is 4.80. The minimum Gasteiger partial charge on any atom is -0.300 e. The number of hydrogen-bond donors (Lipinski definition) is 0. The van der Waals surface area contributed by atoms with E-state index in [4.69, 9.17) is 0 Å². The largest absolute Gasteiger partial charge is 0.300 e.